The minimum atomic E-state index is -0.146. The maximum Gasteiger partial charge on any atom is 0.251 e. The van der Waals surface area contributed by atoms with Crippen molar-refractivity contribution in [2.75, 3.05) is 18.4 Å². The molecular formula is C15H21N3O2. The topological polar surface area (TPSA) is 70.2 Å². The van der Waals surface area contributed by atoms with Gasteiger partial charge in [0.15, 0.2) is 0 Å². The van der Waals surface area contributed by atoms with Gasteiger partial charge in [0.05, 0.1) is 0 Å². The number of carbonyl (C=O) groups excluding carboxylic acids is 2. The molecule has 0 aliphatic heterocycles. The standard InChI is InChI=1S/C15H21N3O2/c1-2-16-12-5-3-11(4-6-12)15(20)17-10-9-14(19)18-13-7-8-13/h3-6,13,16H,2,7-10H2,1H3,(H,17,20)(H,18,19). The van der Waals surface area contributed by atoms with Crippen LogP contribution in [-0.4, -0.2) is 30.9 Å². The van der Waals surface area contributed by atoms with Crippen LogP contribution in [0.25, 0.3) is 0 Å². The summed E-state index contributed by atoms with van der Waals surface area (Å²) in [6, 6.07) is 7.67. The maximum atomic E-state index is 11.9. The Morgan fingerprint density at radius 3 is 2.50 bits per heavy atom. The minimum Gasteiger partial charge on any atom is -0.385 e. The number of benzene rings is 1. The Kier molecular flexibility index (Phi) is 4.98. The van der Waals surface area contributed by atoms with Crippen molar-refractivity contribution in [3.63, 3.8) is 0 Å². The van der Waals surface area contributed by atoms with E-state index in [0.717, 1.165) is 25.1 Å². The predicted octanol–water partition coefficient (Wildman–Crippen LogP) is 1.52. The van der Waals surface area contributed by atoms with E-state index in [-0.39, 0.29) is 11.8 Å². The number of hydrogen-bond donors (Lipinski definition) is 3. The molecule has 0 bridgehead atoms. The Labute approximate surface area is 119 Å². The first-order valence-corrected chi connectivity index (χ1v) is 7.10. The molecule has 0 atom stereocenters. The maximum absolute atomic E-state index is 11.9. The second-order valence-corrected chi connectivity index (χ2v) is 4.96. The third-order valence-electron chi connectivity index (χ3n) is 3.11. The average Bonchev–Trinajstić information content (AvgIpc) is 3.23. The van der Waals surface area contributed by atoms with Crippen molar-refractivity contribution in [1.82, 2.24) is 10.6 Å². The summed E-state index contributed by atoms with van der Waals surface area (Å²) in [5.74, 6) is -0.137. The first-order valence-electron chi connectivity index (χ1n) is 7.10. The van der Waals surface area contributed by atoms with Crippen molar-refractivity contribution in [3.8, 4) is 0 Å². The average molecular weight is 275 g/mol. The van der Waals surface area contributed by atoms with E-state index >= 15 is 0 Å². The lowest BCUT2D eigenvalue weighted by molar-refractivity contribution is -0.121. The van der Waals surface area contributed by atoms with E-state index < -0.39 is 0 Å². The van der Waals surface area contributed by atoms with Crippen molar-refractivity contribution >= 4 is 17.5 Å². The van der Waals surface area contributed by atoms with Gasteiger partial charge in [-0.15, -0.1) is 0 Å². The summed E-state index contributed by atoms with van der Waals surface area (Å²) in [6.07, 6.45) is 2.49. The first-order chi connectivity index (χ1) is 9.69. The molecule has 0 aromatic heterocycles. The van der Waals surface area contributed by atoms with Crippen molar-refractivity contribution in [1.29, 1.82) is 0 Å². The second kappa shape index (κ2) is 6.93. The fourth-order valence-corrected chi connectivity index (χ4v) is 1.86. The van der Waals surface area contributed by atoms with Crippen molar-refractivity contribution < 1.29 is 9.59 Å². The lowest BCUT2D eigenvalue weighted by atomic mass is 10.2. The largest absolute Gasteiger partial charge is 0.385 e. The predicted molar refractivity (Wildman–Crippen MR) is 78.7 cm³/mol. The molecule has 20 heavy (non-hydrogen) atoms. The van der Waals surface area contributed by atoms with Gasteiger partial charge in [0.2, 0.25) is 5.91 Å². The molecule has 3 N–H and O–H groups in total. The van der Waals surface area contributed by atoms with Crippen LogP contribution in [0.5, 0.6) is 0 Å². The van der Waals surface area contributed by atoms with Crippen LogP contribution < -0.4 is 16.0 Å². The van der Waals surface area contributed by atoms with E-state index in [0.29, 0.717) is 24.6 Å². The number of amides is 2. The third kappa shape index (κ3) is 4.57. The van der Waals surface area contributed by atoms with Crippen LogP contribution in [0.15, 0.2) is 24.3 Å². The minimum absolute atomic E-state index is 0.00953. The quantitative estimate of drug-likeness (QED) is 0.706. The van der Waals surface area contributed by atoms with Gasteiger partial charge in [-0.2, -0.15) is 0 Å². The van der Waals surface area contributed by atoms with Crippen LogP contribution in [0, 0.1) is 0 Å². The van der Waals surface area contributed by atoms with Crippen LogP contribution in [0.2, 0.25) is 0 Å². The van der Waals surface area contributed by atoms with E-state index in [2.05, 4.69) is 16.0 Å². The molecule has 0 saturated heterocycles. The summed E-state index contributed by atoms with van der Waals surface area (Å²) in [4.78, 5) is 23.3. The Balaban J connectivity index is 1.71. The molecule has 1 fully saturated rings. The van der Waals surface area contributed by atoms with Gasteiger partial charge < -0.3 is 16.0 Å². The number of nitrogens with one attached hydrogen (secondary N) is 3. The molecule has 2 rings (SSSR count). The van der Waals surface area contributed by atoms with E-state index in [1.165, 1.54) is 0 Å². The zero-order valence-electron chi connectivity index (χ0n) is 11.7. The molecule has 0 heterocycles. The highest BCUT2D eigenvalue weighted by atomic mass is 16.2. The molecule has 1 saturated carbocycles. The summed E-state index contributed by atoms with van der Waals surface area (Å²) in [6.45, 7) is 3.24. The molecule has 5 heteroatoms. The first kappa shape index (κ1) is 14.4. The number of carbonyl (C=O) groups is 2. The van der Waals surface area contributed by atoms with Crippen molar-refractivity contribution in [3.05, 3.63) is 29.8 Å². The Bertz CT molecular complexity index is 467. The van der Waals surface area contributed by atoms with Gasteiger partial charge in [-0.1, -0.05) is 0 Å². The van der Waals surface area contributed by atoms with E-state index in [9.17, 15) is 9.59 Å². The number of hydrogen-bond acceptors (Lipinski definition) is 3. The van der Waals surface area contributed by atoms with Crippen LogP contribution in [-0.2, 0) is 4.79 Å². The van der Waals surface area contributed by atoms with Gasteiger partial charge in [0.1, 0.15) is 0 Å². The van der Waals surface area contributed by atoms with Gasteiger partial charge in [0, 0.05) is 36.8 Å². The molecule has 5 nitrogen and oxygen atoms in total. The monoisotopic (exact) mass is 275 g/mol. The molecular weight excluding hydrogens is 254 g/mol. The van der Waals surface area contributed by atoms with Gasteiger partial charge in [-0.05, 0) is 44.0 Å². The van der Waals surface area contributed by atoms with Gasteiger partial charge in [-0.25, -0.2) is 0 Å². The van der Waals surface area contributed by atoms with E-state index in [1.54, 1.807) is 12.1 Å². The molecule has 1 aliphatic rings. The van der Waals surface area contributed by atoms with Crippen LogP contribution in [0.3, 0.4) is 0 Å². The lowest BCUT2D eigenvalue weighted by Gasteiger charge is -2.07. The normalized spacial score (nSPS) is 13.7. The molecule has 0 radical (unpaired) electrons. The highest BCUT2D eigenvalue weighted by molar-refractivity contribution is 5.94. The van der Waals surface area contributed by atoms with Gasteiger partial charge >= 0.3 is 0 Å². The molecule has 0 unspecified atom stereocenters. The van der Waals surface area contributed by atoms with Crippen molar-refractivity contribution in [2.45, 2.75) is 32.2 Å². The van der Waals surface area contributed by atoms with Crippen LogP contribution in [0.4, 0.5) is 5.69 Å². The molecule has 1 aliphatic carbocycles. The summed E-state index contributed by atoms with van der Waals surface area (Å²) >= 11 is 0. The zero-order chi connectivity index (χ0) is 14.4. The van der Waals surface area contributed by atoms with Crippen LogP contribution >= 0.6 is 0 Å². The fourth-order valence-electron chi connectivity index (χ4n) is 1.86. The molecule has 1 aromatic carbocycles. The summed E-state index contributed by atoms with van der Waals surface area (Å²) in [5.41, 5.74) is 1.60. The van der Waals surface area contributed by atoms with Crippen molar-refractivity contribution in [2.24, 2.45) is 0 Å². The molecule has 2 amide bonds. The summed E-state index contributed by atoms with van der Waals surface area (Å²) < 4.78 is 0. The molecule has 108 valence electrons. The zero-order valence-corrected chi connectivity index (χ0v) is 11.7. The molecule has 0 spiro atoms. The number of rotatable bonds is 7. The fraction of sp³-hybridized carbons (Fsp3) is 0.467. The third-order valence-corrected chi connectivity index (χ3v) is 3.11. The van der Waals surface area contributed by atoms with E-state index in [1.807, 2.05) is 19.1 Å². The second-order valence-electron chi connectivity index (χ2n) is 4.96. The van der Waals surface area contributed by atoms with Gasteiger partial charge in [-0.3, -0.25) is 9.59 Å². The van der Waals surface area contributed by atoms with Gasteiger partial charge in [0.25, 0.3) is 5.91 Å². The summed E-state index contributed by atoms with van der Waals surface area (Å²) in [7, 11) is 0. The Hall–Kier alpha value is -2.04. The highest BCUT2D eigenvalue weighted by Gasteiger charge is 2.22. The van der Waals surface area contributed by atoms with E-state index in [4.69, 9.17) is 0 Å². The Morgan fingerprint density at radius 1 is 1.20 bits per heavy atom. The smallest absolute Gasteiger partial charge is 0.251 e. The SMILES string of the molecule is CCNc1ccc(C(=O)NCCC(=O)NC2CC2)cc1. The highest BCUT2D eigenvalue weighted by Crippen LogP contribution is 2.18. The lowest BCUT2D eigenvalue weighted by Crippen LogP contribution is -2.31. The number of anilines is 1. The van der Waals surface area contributed by atoms with Crippen LogP contribution in [0.1, 0.15) is 36.5 Å². The summed E-state index contributed by atoms with van der Waals surface area (Å²) in [5, 5.41) is 8.82. The molecule has 1 aromatic rings. The Morgan fingerprint density at radius 2 is 1.90 bits per heavy atom.